The van der Waals surface area contributed by atoms with Crippen LogP contribution in [0.1, 0.15) is 57.7 Å². The van der Waals surface area contributed by atoms with E-state index in [2.05, 4.69) is 47.6 Å². The first-order chi connectivity index (χ1) is 7.63. The summed E-state index contributed by atoms with van der Waals surface area (Å²) in [7, 11) is 0. The van der Waals surface area contributed by atoms with Crippen LogP contribution in [-0.2, 0) is 5.41 Å². The van der Waals surface area contributed by atoms with Gasteiger partial charge in [-0.3, -0.25) is 0 Å². The molecule has 1 heteroatoms. The monoisotopic (exact) mass is 234 g/mol. The summed E-state index contributed by atoms with van der Waals surface area (Å²) in [5, 5.41) is 10.3. The molecule has 0 aliphatic rings. The summed E-state index contributed by atoms with van der Waals surface area (Å²) in [5.41, 5.74) is 3.38. The quantitative estimate of drug-likeness (QED) is 0.802. The smallest absolute Gasteiger partial charge is 0.122 e. The van der Waals surface area contributed by atoms with Crippen molar-refractivity contribution < 1.29 is 5.11 Å². The van der Waals surface area contributed by atoms with Crippen molar-refractivity contribution in [3.05, 3.63) is 28.8 Å². The number of aryl methyl sites for hydroxylation is 2. The maximum Gasteiger partial charge on any atom is 0.122 e. The molecule has 0 radical (unpaired) electrons. The Balaban J connectivity index is 3.43. The van der Waals surface area contributed by atoms with Gasteiger partial charge in [0.1, 0.15) is 5.75 Å². The lowest BCUT2D eigenvalue weighted by Gasteiger charge is -2.42. The van der Waals surface area contributed by atoms with Gasteiger partial charge < -0.3 is 5.11 Å². The zero-order valence-corrected chi connectivity index (χ0v) is 12.3. The molecule has 1 aromatic rings. The van der Waals surface area contributed by atoms with Crippen LogP contribution in [0.4, 0.5) is 0 Å². The van der Waals surface area contributed by atoms with Gasteiger partial charge in [0.25, 0.3) is 0 Å². The molecule has 1 rings (SSSR count). The lowest BCUT2D eigenvalue weighted by Crippen LogP contribution is -2.36. The summed E-state index contributed by atoms with van der Waals surface area (Å²) < 4.78 is 0. The van der Waals surface area contributed by atoms with Crippen molar-refractivity contribution in [2.24, 2.45) is 5.41 Å². The Kier molecular flexibility index (Phi) is 3.61. The minimum absolute atomic E-state index is 0.0391. The van der Waals surface area contributed by atoms with Crippen LogP contribution < -0.4 is 0 Å². The van der Waals surface area contributed by atoms with Crippen molar-refractivity contribution in [1.82, 2.24) is 0 Å². The summed E-state index contributed by atoms with van der Waals surface area (Å²) in [6.45, 7) is 15.3. The number of phenols is 1. The zero-order valence-electron chi connectivity index (χ0n) is 12.3. The fourth-order valence-electron chi connectivity index (χ4n) is 2.24. The molecule has 0 fully saturated rings. The largest absolute Gasteiger partial charge is 0.507 e. The Morgan fingerprint density at radius 2 is 1.59 bits per heavy atom. The van der Waals surface area contributed by atoms with E-state index in [1.54, 1.807) is 0 Å². The third-order valence-corrected chi connectivity index (χ3v) is 4.69. The second kappa shape index (κ2) is 4.36. The molecule has 0 aliphatic carbocycles. The molecule has 0 unspecified atom stereocenters. The standard InChI is InChI=1S/C16H26O/c1-8-15(4,5)16(6,7)13-10-11(2)9-12(3)14(13)17/h9-10,17H,8H2,1-7H3. The van der Waals surface area contributed by atoms with E-state index in [0.29, 0.717) is 5.75 Å². The van der Waals surface area contributed by atoms with Gasteiger partial charge in [0.15, 0.2) is 0 Å². The molecular formula is C16H26O. The number of benzene rings is 1. The molecule has 0 saturated carbocycles. The van der Waals surface area contributed by atoms with Gasteiger partial charge in [-0.15, -0.1) is 0 Å². The highest BCUT2D eigenvalue weighted by Gasteiger charge is 2.38. The third kappa shape index (κ3) is 2.34. The van der Waals surface area contributed by atoms with Gasteiger partial charge >= 0.3 is 0 Å². The minimum atomic E-state index is -0.0391. The highest BCUT2D eigenvalue weighted by Crippen LogP contribution is 2.47. The molecule has 1 N–H and O–H groups in total. The van der Waals surface area contributed by atoms with Gasteiger partial charge in [-0.1, -0.05) is 58.7 Å². The van der Waals surface area contributed by atoms with Crippen molar-refractivity contribution in [2.75, 3.05) is 0 Å². The van der Waals surface area contributed by atoms with Crippen LogP contribution in [0.5, 0.6) is 5.75 Å². The summed E-state index contributed by atoms with van der Waals surface area (Å²) in [6.07, 6.45) is 1.09. The fraction of sp³-hybridized carbons (Fsp3) is 0.625. The summed E-state index contributed by atoms with van der Waals surface area (Å²) >= 11 is 0. The van der Waals surface area contributed by atoms with Gasteiger partial charge in [0, 0.05) is 5.56 Å². The SMILES string of the molecule is CCC(C)(C)C(C)(C)c1cc(C)cc(C)c1O. The maximum atomic E-state index is 10.3. The van der Waals surface area contributed by atoms with Gasteiger partial charge in [0.05, 0.1) is 0 Å². The Morgan fingerprint density at radius 3 is 2.06 bits per heavy atom. The van der Waals surface area contributed by atoms with E-state index in [-0.39, 0.29) is 10.8 Å². The number of aromatic hydroxyl groups is 1. The summed E-state index contributed by atoms with van der Waals surface area (Å²) in [4.78, 5) is 0. The van der Waals surface area contributed by atoms with Crippen molar-refractivity contribution in [2.45, 2.75) is 60.3 Å². The number of hydrogen-bond acceptors (Lipinski definition) is 1. The van der Waals surface area contributed by atoms with Crippen LogP contribution in [-0.4, -0.2) is 5.11 Å². The van der Waals surface area contributed by atoms with Crippen LogP contribution >= 0.6 is 0 Å². The molecule has 0 aromatic heterocycles. The van der Waals surface area contributed by atoms with Crippen molar-refractivity contribution in [1.29, 1.82) is 0 Å². The Labute approximate surface area is 106 Å². The average Bonchev–Trinajstić information content (AvgIpc) is 2.22. The van der Waals surface area contributed by atoms with Crippen molar-refractivity contribution in [3.8, 4) is 5.75 Å². The highest BCUT2D eigenvalue weighted by molar-refractivity contribution is 5.47. The third-order valence-electron chi connectivity index (χ3n) is 4.69. The first-order valence-corrected chi connectivity index (χ1v) is 6.44. The predicted octanol–water partition coefficient (Wildman–Crippen LogP) is 4.72. The van der Waals surface area contributed by atoms with E-state index in [4.69, 9.17) is 0 Å². The Morgan fingerprint density at radius 1 is 1.06 bits per heavy atom. The molecule has 0 aliphatic heterocycles. The first kappa shape index (κ1) is 14.1. The molecular weight excluding hydrogens is 208 g/mol. The predicted molar refractivity (Wildman–Crippen MR) is 74.7 cm³/mol. The van der Waals surface area contributed by atoms with Crippen LogP contribution in [0.3, 0.4) is 0 Å². The van der Waals surface area contributed by atoms with E-state index < -0.39 is 0 Å². The minimum Gasteiger partial charge on any atom is -0.507 e. The molecule has 0 saturated heterocycles. The summed E-state index contributed by atoms with van der Waals surface area (Å²) in [5.74, 6) is 0.460. The second-order valence-electron chi connectivity index (χ2n) is 6.34. The van der Waals surface area contributed by atoms with Crippen LogP contribution in [0.25, 0.3) is 0 Å². The number of rotatable bonds is 3. The summed E-state index contributed by atoms with van der Waals surface area (Å²) in [6, 6.07) is 4.16. The zero-order chi connectivity index (χ0) is 13.4. The van der Waals surface area contributed by atoms with Gasteiger partial charge in [0.2, 0.25) is 0 Å². The molecule has 1 nitrogen and oxygen atoms in total. The maximum absolute atomic E-state index is 10.3. The molecule has 0 heterocycles. The lowest BCUT2D eigenvalue weighted by atomic mass is 9.62. The fourth-order valence-corrected chi connectivity index (χ4v) is 2.24. The Bertz CT molecular complexity index is 414. The van der Waals surface area contributed by atoms with Crippen LogP contribution in [0.15, 0.2) is 12.1 Å². The van der Waals surface area contributed by atoms with E-state index in [1.807, 2.05) is 13.0 Å². The van der Waals surface area contributed by atoms with E-state index in [0.717, 1.165) is 17.5 Å². The van der Waals surface area contributed by atoms with Crippen molar-refractivity contribution in [3.63, 3.8) is 0 Å². The normalized spacial score (nSPS) is 12.9. The topological polar surface area (TPSA) is 20.2 Å². The first-order valence-electron chi connectivity index (χ1n) is 6.44. The molecule has 96 valence electrons. The van der Waals surface area contributed by atoms with Crippen LogP contribution in [0.2, 0.25) is 0 Å². The second-order valence-corrected chi connectivity index (χ2v) is 6.34. The molecule has 0 atom stereocenters. The van der Waals surface area contributed by atoms with Gasteiger partial charge in [-0.25, -0.2) is 0 Å². The number of phenolic OH excluding ortho intramolecular Hbond substituents is 1. The lowest BCUT2D eigenvalue weighted by molar-refractivity contribution is 0.184. The molecule has 0 amide bonds. The Hall–Kier alpha value is -0.980. The van der Waals surface area contributed by atoms with Gasteiger partial charge in [-0.2, -0.15) is 0 Å². The highest BCUT2D eigenvalue weighted by atomic mass is 16.3. The van der Waals surface area contributed by atoms with E-state index in [1.165, 1.54) is 5.56 Å². The molecule has 17 heavy (non-hydrogen) atoms. The van der Waals surface area contributed by atoms with Crippen molar-refractivity contribution >= 4 is 0 Å². The van der Waals surface area contributed by atoms with Gasteiger partial charge in [-0.05, 0) is 30.2 Å². The average molecular weight is 234 g/mol. The molecule has 0 bridgehead atoms. The molecule has 1 aromatic carbocycles. The number of hydrogen-bond donors (Lipinski definition) is 1. The van der Waals surface area contributed by atoms with E-state index in [9.17, 15) is 5.11 Å². The van der Waals surface area contributed by atoms with Crippen LogP contribution in [0, 0.1) is 19.3 Å². The molecule has 0 spiro atoms. The van der Waals surface area contributed by atoms with E-state index >= 15 is 0 Å².